The quantitative estimate of drug-likeness (QED) is 0.837. The maximum atomic E-state index is 6.17. The maximum Gasteiger partial charge on any atom is 0.214 e. The molecule has 0 radical (unpaired) electrons. The van der Waals surface area contributed by atoms with Gasteiger partial charge in [0.1, 0.15) is 6.26 Å². The lowest BCUT2D eigenvalue weighted by Crippen LogP contribution is -2.43. The van der Waals surface area contributed by atoms with Gasteiger partial charge in [0.15, 0.2) is 0 Å². The van der Waals surface area contributed by atoms with E-state index in [2.05, 4.69) is 4.98 Å². The number of hydrogen-bond acceptors (Lipinski definition) is 4. The van der Waals surface area contributed by atoms with E-state index in [0.29, 0.717) is 5.92 Å². The Morgan fingerprint density at radius 2 is 2.40 bits per heavy atom. The predicted octanol–water partition coefficient (Wildman–Crippen LogP) is 2.23. The molecule has 1 saturated heterocycles. The number of rotatable bonds is 2. The summed E-state index contributed by atoms with van der Waals surface area (Å²) in [6.45, 7) is 0. The second-order valence-electron chi connectivity index (χ2n) is 4.65. The van der Waals surface area contributed by atoms with Crippen molar-refractivity contribution in [1.29, 1.82) is 0 Å². The minimum absolute atomic E-state index is 0.246. The molecule has 2 fully saturated rings. The van der Waals surface area contributed by atoms with E-state index < -0.39 is 0 Å². The van der Waals surface area contributed by atoms with Gasteiger partial charge in [-0.2, -0.15) is 11.8 Å². The molecule has 1 unspecified atom stereocenters. The van der Waals surface area contributed by atoms with Crippen LogP contribution in [0.1, 0.15) is 43.2 Å². The molecule has 0 bridgehead atoms. The van der Waals surface area contributed by atoms with Crippen LogP contribution >= 0.6 is 11.8 Å². The Kier molecular flexibility index (Phi) is 2.29. The third kappa shape index (κ3) is 1.60. The molecule has 3 rings (SSSR count). The molecule has 0 spiro atoms. The topological polar surface area (TPSA) is 52.0 Å². The minimum Gasteiger partial charge on any atom is -0.447 e. The summed E-state index contributed by atoms with van der Waals surface area (Å²) >= 11 is 2.00. The van der Waals surface area contributed by atoms with Crippen LogP contribution in [0.25, 0.3) is 0 Å². The van der Waals surface area contributed by atoms with Gasteiger partial charge in [-0.25, -0.2) is 4.98 Å². The highest BCUT2D eigenvalue weighted by Gasteiger charge is 2.39. The smallest absolute Gasteiger partial charge is 0.214 e. The molecule has 82 valence electrons. The first-order valence-corrected chi connectivity index (χ1v) is 6.76. The van der Waals surface area contributed by atoms with Gasteiger partial charge in [0.05, 0.1) is 11.2 Å². The Labute approximate surface area is 93.8 Å². The van der Waals surface area contributed by atoms with Gasteiger partial charge in [0.25, 0.3) is 0 Å². The fraction of sp³-hybridized carbons (Fsp3) is 0.727. The van der Waals surface area contributed by atoms with Crippen molar-refractivity contribution < 1.29 is 4.42 Å². The molecule has 2 heterocycles. The highest BCUT2D eigenvalue weighted by Crippen LogP contribution is 2.39. The lowest BCUT2D eigenvalue weighted by Gasteiger charge is -2.34. The monoisotopic (exact) mass is 224 g/mol. The summed E-state index contributed by atoms with van der Waals surface area (Å²) < 4.78 is 5.54. The summed E-state index contributed by atoms with van der Waals surface area (Å²) in [4.78, 5) is 4.58. The van der Waals surface area contributed by atoms with E-state index in [4.69, 9.17) is 10.2 Å². The summed E-state index contributed by atoms with van der Waals surface area (Å²) in [5.74, 6) is 3.79. The highest BCUT2D eigenvalue weighted by atomic mass is 32.2. The average Bonchev–Trinajstić information content (AvgIpc) is 2.84. The third-order valence-electron chi connectivity index (χ3n) is 3.54. The van der Waals surface area contributed by atoms with Gasteiger partial charge in [-0.1, -0.05) is 0 Å². The number of nitrogens with zero attached hydrogens (tertiary/aromatic N) is 1. The standard InChI is InChI=1S/C11H16N2OS/c12-11(3-1-4-11)10-13-9(6-14-10)8-2-5-15-7-8/h6,8H,1-5,7,12H2. The summed E-state index contributed by atoms with van der Waals surface area (Å²) in [7, 11) is 0. The van der Waals surface area contributed by atoms with Crippen molar-refractivity contribution in [3.63, 3.8) is 0 Å². The Morgan fingerprint density at radius 3 is 3.00 bits per heavy atom. The summed E-state index contributed by atoms with van der Waals surface area (Å²) in [6, 6.07) is 0. The van der Waals surface area contributed by atoms with Crippen LogP contribution < -0.4 is 5.73 Å². The summed E-state index contributed by atoms with van der Waals surface area (Å²) in [6.07, 6.45) is 6.29. The molecule has 0 amide bonds. The molecule has 1 atom stereocenters. The van der Waals surface area contributed by atoms with Crippen molar-refractivity contribution in [3.8, 4) is 0 Å². The molecule has 0 aromatic carbocycles. The summed E-state index contributed by atoms with van der Waals surface area (Å²) in [5.41, 5.74) is 7.05. The van der Waals surface area contributed by atoms with Crippen molar-refractivity contribution in [2.24, 2.45) is 5.73 Å². The molecule has 1 aromatic heterocycles. The molecule has 4 heteroatoms. The third-order valence-corrected chi connectivity index (χ3v) is 4.70. The Hall–Kier alpha value is -0.480. The first kappa shape index (κ1) is 9.73. The van der Waals surface area contributed by atoms with E-state index in [0.717, 1.165) is 24.4 Å². The first-order chi connectivity index (χ1) is 7.28. The molecule has 15 heavy (non-hydrogen) atoms. The Bertz CT molecular complexity index is 353. The van der Waals surface area contributed by atoms with Gasteiger partial charge in [0.2, 0.25) is 5.89 Å². The van der Waals surface area contributed by atoms with Crippen LogP contribution in [0.3, 0.4) is 0 Å². The highest BCUT2D eigenvalue weighted by molar-refractivity contribution is 7.99. The maximum absolute atomic E-state index is 6.17. The van der Waals surface area contributed by atoms with Gasteiger partial charge in [-0.3, -0.25) is 0 Å². The predicted molar refractivity (Wildman–Crippen MR) is 60.9 cm³/mol. The number of thioether (sulfide) groups is 1. The van der Waals surface area contributed by atoms with Crippen molar-refractivity contribution in [1.82, 2.24) is 4.98 Å². The van der Waals surface area contributed by atoms with E-state index in [1.165, 1.54) is 24.3 Å². The SMILES string of the molecule is NC1(c2nc(C3CCSC3)co2)CCC1. The fourth-order valence-electron chi connectivity index (χ4n) is 2.24. The van der Waals surface area contributed by atoms with E-state index in [1.807, 2.05) is 18.0 Å². The van der Waals surface area contributed by atoms with Crippen LogP contribution in [0.2, 0.25) is 0 Å². The molecular formula is C11H16N2OS. The van der Waals surface area contributed by atoms with Gasteiger partial charge in [-0.15, -0.1) is 0 Å². The van der Waals surface area contributed by atoms with Gasteiger partial charge >= 0.3 is 0 Å². The van der Waals surface area contributed by atoms with Gasteiger partial charge < -0.3 is 10.2 Å². The Morgan fingerprint density at radius 1 is 1.53 bits per heavy atom. The second kappa shape index (κ2) is 3.52. The largest absolute Gasteiger partial charge is 0.447 e. The van der Waals surface area contributed by atoms with Crippen LogP contribution in [0, 0.1) is 0 Å². The number of oxazole rings is 1. The minimum atomic E-state index is -0.246. The summed E-state index contributed by atoms with van der Waals surface area (Å²) in [5, 5.41) is 0. The van der Waals surface area contributed by atoms with E-state index >= 15 is 0 Å². The molecule has 3 nitrogen and oxygen atoms in total. The number of nitrogens with two attached hydrogens (primary N) is 1. The first-order valence-electron chi connectivity index (χ1n) is 5.60. The fourth-order valence-corrected chi connectivity index (χ4v) is 3.48. The number of aromatic nitrogens is 1. The lowest BCUT2D eigenvalue weighted by atomic mass is 9.78. The van der Waals surface area contributed by atoms with Crippen molar-refractivity contribution in [3.05, 3.63) is 17.8 Å². The van der Waals surface area contributed by atoms with E-state index in [-0.39, 0.29) is 5.54 Å². The second-order valence-corrected chi connectivity index (χ2v) is 5.80. The molecular weight excluding hydrogens is 208 g/mol. The Balaban J connectivity index is 1.80. The van der Waals surface area contributed by atoms with Crippen LogP contribution in [-0.2, 0) is 5.54 Å². The van der Waals surface area contributed by atoms with E-state index in [9.17, 15) is 0 Å². The zero-order valence-corrected chi connectivity index (χ0v) is 9.55. The van der Waals surface area contributed by atoms with Crippen molar-refractivity contribution >= 4 is 11.8 Å². The molecule has 1 saturated carbocycles. The normalized spacial score (nSPS) is 29.0. The molecule has 1 aliphatic carbocycles. The molecule has 2 aliphatic rings. The van der Waals surface area contributed by atoms with Crippen LogP contribution in [0.5, 0.6) is 0 Å². The van der Waals surface area contributed by atoms with Crippen molar-refractivity contribution in [2.75, 3.05) is 11.5 Å². The van der Waals surface area contributed by atoms with Crippen LogP contribution in [0.4, 0.5) is 0 Å². The van der Waals surface area contributed by atoms with Crippen molar-refractivity contribution in [2.45, 2.75) is 37.1 Å². The zero-order chi connectivity index (χ0) is 10.3. The number of hydrogen-bond donors (Lipinski definition) is 1. The van der Waals surface area contributed by atoms with Crippen LogP contribution in [-0.4, -0.2) is 16.5 Å². The lowest BCUT2D eigenvalue weighted by molar-refractivity contribution is 0.198. The molecule has 1 aliphatic heterocycles. The van der Waals surface area contributed by atoms with Gasteiger partial charge in [-0.05, 0) is 31.4 Å². The van der Waals surface area contributed by atoms with Crippen LogP contribution in [0.15, 0.2) is 10.7 Å². The molecule has 1 aromatic rings. The molecule has 2 N–H and O–H groups in total. The zero-order valence-electron chi connectivity index (χ0n) is 8.74. The van der Waals surface area contributed by atoms with E-state index in [1.54, 1.807) is 0 Å². The average molecular weight is 224 g/mol. The van der Waals surface area contributed by atoms with Gasteiger partial charge in [0, 0.05) is 11.7 Å².